The first kappa shape index (κ1) is 18.5. The van der Waals surface area contributed by atoms with E-state index in [9.17, 15) is 5.11 Å². The fourth-order valence-corrected chi connectivity index (χ4v) is 3.65. The van der Waals surface area contributed by atoms with E-state index in [1.165, 1.54) is 44.9 Å². The van der Waals surface area contributed by atoms with Crippen LogP contribution in [0.1, 0.15) is 56.1 Å². The monoisotopic (exact) mass is 417 g/mol. The summed E-state index contributed by atoms with van der Waals surface area (Å²) in [6, 6.07) is 6.31. The third-order valence-corrected chi connectivity index (χ3v) is 5.02. The Morgan fingerprint density at radius 2 is 1.95 bits per heavy atom. The summed E-state index contributed by atoms with van der Waals surface area (Å²) in [5, 5.41) is 10.00. The molecule has 0 aromatic heterocycles. The minimum absolute atomic E-state index is 0.375. The van der Waals surface area contributed by atoms with Crippen LogP contribution in [-0.4, -0.2) is 17.4 Å². The molecule has 0 amide bonds. The van der Waals surface area contributed by atoms with Gasteiger partial charge >= 0.3 is 37.9 Å². The van der Waals surface area contributed by atoms with Gasteiger partial charge in [-0.3, -0.25) is 4.99 Å². The number of aliphatic imine (C=N–C) groups is 1. The van der Waals surface area contributed by atoms with Gasteiger partial charge in [-0.05, 0) is 56.1 Å². The van der Waals surface area contributed by atoms with Crippen LogP contribution in [0.15, 0.2) is 23.2 Å². The molecular weight excluding hydrogens is 396 g/mol. The molecule has 3 rings (SSSR count). The molecule has 0 saturated heterocycles. The maximum absolute atomic E-state index is 10.00. The second-order valence-corrected chi connectivity index (χ2v) is 10.2. The molecule has 1 atom stereocenters. The van der Waals surface area contributed by atoms with Gasteiger partial charge in [0, 0.05) is 11.8 Å². The molecule has 0 heterocycles. The topological polar surface area (TPSA) is 32.6 Å². The van der Waals surface area contributed by atoms with E-state index >= 15 is 0 Å². The Morgan fingerprint density at radius 3 is 2.59 bits per heavy atom. The van der Waals surface area contributed by atoms with Crippen molar-refractivity contribution >= 4 is 23.2 Å². The van der Waals surface area contributed by atoms with Crippen LogP contribution in [0.4, 0.5) is 0 Å². The van der Waals surface area contributed by atoms with Crippen molar-refractivity contribution in [3.05, 3.63) is 29.3 Å². The van der Waals surface area contributed by atoms with Gasteiger partial charge in [0.05, 0.1) is 6.04 Å². The van der Waals surface area contributed by atoms with Crippen LogP contribution in [0.2, 0.25) is 0 Å². The fourth-order valence-electron chi connectivity index (χ4n) is 3.65. The molecule has 2 nitrogen and oxygen atoms in total. The molecule has 120 valence electrons. The Morgan fingerprint density at radius 1 is 1.27 bits per heavy atom. The van der Waals surface area contributed by atoms with Crippen LogP contribution in [0.5, 0.6) is 5.75 Å². The van der Waals surface area contributed by atoms with Gasteiger partial charge in [-0.1, -0.05) is 25.0 Å². The van der Waals surface area contributed by atoms with E-state index < -0.39 is 20.8 Å². The fraction of sp³-hybridized carbons (Fsp3) is 0.588. The van der Waals surface area contributed by atoms with Crippen LogP contribution in [0.25, 0.3) is 0 Å². The van der Waals surface area contributed by atoms with Crippen LogP contribution in [-0.2, 0) is 20.8 Å². The molecule has 1 aromatic carbocycles. The molecule has 2 aliphatic carbocycles. The third-order valence-electron chi connectivity index (χ3n) is 5.02. The zero-order chi connectivity index (χ0) is 16.0. The number of halogens is 2. The molecule has 2 saturated carbocycles. The number of aromatic hydroxyl groups is 1. The van der Waals surface area contributed by atoms with Crippen molar-refractivity contribution in [2.24, 2.45) is 10.4 Å². The number of phenols is 1. The molecule has 1 unspecified atom stereocenters. The van der Waals surface area contributed by atoms with Gasteiger partial charge in [-0.15, -0.1) is 0 Å². The van der Waals surface area contributed by atoms with Crippen molar-refractivity contribution in [2.45, 2.75) is 57.9 Å². The zero-order valence-electron chi connectivity index (χ0n) is 13.0. The van der Waals surface area contributed by atoms with Gasteiger partial charge in [0.25, 0.3) is 0 Å². The van der Waals surface area contributed by atoms with Crippen molar-refractivity contribution in [3.8, 4) is 5.75 Å². The molecular formula is C17H23Cl2NOZr. The van der Waals surface area contributed by atoms with Crippen molar-refractivity contribution < 1.29 is 26.0 Å². The normalized spacial score (nSPS) is 22.8. The standard InChI is InChI=1S/C17H23NO.2ClH.Zr/c1-13-5-2-6-14(16(13)19)12-18-15-7-3-8-17(11-15)9-4-10-17;;;/h2,5-6,12,15,19H,3-4,7-11H2,1H3;2*1H;/q;;;+2/p-2. The Hall–Kier alpha value is 0.153. The molecule has 5 heteroatoms. The number of rotatable bonds is 2. The van der Waals surface area contributed by atoms with E-state index in [0.717, 1.165) is 11.1 Å². The molecule has 1 spiro atoms. The summed E-state index contributed by atoms with van der Waals surface area (Å²) in [5.74, 6) is 0.375. The number of hydrogen-bond donors (Lipinski definition) is 1. The number of para-hydroxylation sites is 1. The minimum atomic E-state index is -0.826. The number of aryl methyl sites for hydroxylation is 1. The molecule has 1 aromatic rings. The Labute approximate surface area is 152 Å². The number of hydrogen-bond acceptors (Lipinski definition) is 2. The van der Waals surface area contributed by atoms with Gasteiger partial charge in [-0.2, -0.15) is 0 Å². The summed E-state index contributed by atoms with van der Waals surface area (Å²) in [6.07, 6.45) is 11.3. The molecule has 0 aliphatic heterocycles. The molecule has 2 aliphatic rings. The predicted octanol–water partition coefficient (Wildman–Crippen LogP) is 5.61. The van der Waals surface area contributed by atoms with E-state index in [1.54, 1.807) is 0 Å². The van der Waals surface area contributed by atoms with Crippen molar-refractivity contribution in [2.75, 3.05) is 0 Å². The van der Waals surface area contributed by atoms with Crippen molar-refractivity contribution in [1.29, 1.82) is 0 Å². The number of nitrogens with zero attached hydrogens (tertiary/aromatic N) is 1. The van der Waals surface area contributed by atoms with Crippen molar-refractivity contribution in [1.82, 2.24) is 0 Å². The Bertz CT molecular complexity index is 517. The summed E-state index contributed by atoms with van der Waals surface area (Å²) < 4.78 is 0. The SMILES string of the molecule is Cc1cccc(C=NC2CCCC3(CCC3)C2)c1O.[Cl][Zr][Cl]. The van der Waals surface area contributed by atoms with Gasteiger partial charge in [-0.25, -0.2) is 0 Å². The summed E-state index contributed by atoms with van der Waals surface area (Å²) in [5.41, 5.74) is 2.41. The number of phenolic OH excluding ortho intramolecular Hbond substituents is 1. The van der Waals surface area contributed by atoms with E-state index in [0.29, 0.717) is 17.2 Å². The maximum atomic E-state index is 10.00. The molecule has 0 bridgehead atoms. The first-order valence-corrected chi connectivity index (χ1v) is 14.2. The molecule has 0 radical (unpaired) electrons. The van der Waals surface area contributed by atoms with Gasteiger partial charge in [0.15, 0.2) is 0 Å². The summed E-state index contributed by atoms with van der Waals surface area (Å²) >= 11 is -0.826. The van der Waals surface area contributed by atoms with Crippen LogP contribution < -0.4 is 0 Å². The average Bonchev–Trinajstić information content (AvgIpc) is 2.48. The summed E-state index contributed by atoms with van der Waals surface area (Å²) in [7, 11) is 9.87. The van der Waals surface area contributed by atoms with Gasteiger partial charge < -0.3 is 5.11 Å². The van der Waals surface area contributed by atoms with E-state index in [1.807, 2.05) is 31.3 Å². The average molecular weight is 420 g/mol. The predicted molar refractivity (Wildman–Crippen MR) is 90.7 cm³/mol. The Balaban J connectivity index is 0.000000545. The van der Waals surface area contributed by atoms with E-state index in [2.05, 4.69) is 0 Å². The van der Waals surface area contributed by atoms with Gasteiger partial charge in [0.1, 0.15) is 5.75 Å². The molecule has 1 N–H and O–H groups in total. The molecule has 2 fully saturated rings. The third kappa shape index (κ3) is 4.82. The summed E-state index contributed by atoms with van der Waals surface area (Å²) in [4.78, 5) is 4.75. The quantitative estimate of drug-likeness (QED) is 0.621. The number of benzene rings is 1. The first-order valence-electron chi connectivity index (χ1n) is 7.88. The van der Waals surface area contributed by atoms with E-state index in [4.69, 9.17) is 22.0 Å². The van der Waals surface area contributed by atoms with Crippen LogP contribution >= 0.6 is 17.0 Å². The molecule has 22 heavy (non-hydrogen) atoms. The second-order valence-electron chi connectivity index (χ2n) is 6.47. The first-order chi connectivity index (χ1) is 10.6. The van der Waals surface area contributed by atoms with E-state index in [-0.39, 0.29) is 0 Å². The van der Waals surface area contributed by atoms with Crippen LogP contribution in [0.3, 0.4) is 0 Å². The van der Waals surface area contributed by atoms with Crippen LogP contribution in [0, 0.1) is 12.3 Å². The van der Waals surface area contributed by atoms with Crippen molar-refractivity contribution in [3.63, 3.8) is 0 Å². The Kier molecular flexibility index (Phi) is 7.44. The second kappa shape index (κ2) is 8.85. The zero-order valence-corrected chi connectivity index (χ0v) is 17.0. The van der Waals surface area contributed by atoms with Gasteiger partial charge in [0.2, 0.25) is 0 Å². The summed E-state index contributed by atoms with van der Waals surface area (Å²) in [6.45, 7) is 1.93.